The molecule has 3 heteroatoms. The summed E-state index contributed by atoms with van der Waals surface area (Å²) in [5.74, 6) is 0. The highest BCUT2D eigenvalue weighted by atomic mass is 32.1. The molecule has 0 aliphatic heterocycles. The standard InChI is InChI=1S/C46H29NOS/c1-2-13-34-31(11-1)12-9-17-35(34)36-14-3-6-18-40(36)47(41-19-10-21-43-46(41)38-16-4-7-20-42(38)48-43)33-26-23-30(24-27-33)32-25-28-45-39(29-32)37-15-5-8-22-44(37)49-45/h1-29H. The Labute approximate surface area is 287 Å². The SMILES string of the molecule is c1ccc(N(c2ccc(-c3ccc4sc5ccccc5c4c3)cc2)c2cccc3oc4ccccc4c23)c(-c2cccc3ccccc23)c1. The summed E-state index contributed by atoms with van der Waals surface area (Å²) in [5, 5.41) is 7.29. The molecule has 0 unspecified atom stereocenters. The third-order valence-corrected chi connectivity index (χ3v) is 10.8. The van der Waals surface area contributed by atoms with Gasteiger partial charge in [0.25, 0.3) is 0 Å². The van der Waals surface area contributed by atoms with E-state index in [0.29, 0.717) is 0 Å². The molecule has 0 N–H and O–H groups in total. The second-order valence-corrected chi connectivity index (χ2v) is 13.6. The Hall–Kier alpha value is -6.16. The second-order valence-electron chi connectivity index (χ2n) is 12.5. The van der Waals surface area contributed by atoms with E-state index in [4.69, 9.17) is 4.42 Å². The summed E-state index contributed by atoms with van der Waals surface area (Å²) in [6.45, 7) is 0. The largest absolute Gasteiger partial charge is 0.456 e. The lowest BCUT2D eigenvalue weighted by atomic mass is 9.95. The van der Waals surface area contributed by atoms with Crippen LogP contribution < -0.4 is 4.90 Å². The zero-order valence-corrected chi connectivity index (χ0v) is 27.3. The molecular weight excluding hydrogens is 615 g/mol. The normalized spacial score (nSPS) is 11.7. The van der Waals surface area contributed by atoms with Gasteiger partial charge in [-0.3, -0.25) is 0 Å². The van der Waals surface area contributed by atoms with Crippen molar-refractivity contribution in [3.8, 4) is 22.3 Å². The monoisotopic (exact) mass is 643 g/mol. The predicted molar refractivity (Wildman–Crippen MR) is 210 cm³/mol. The number of thiophene rings is 1. The number of rotatable bonds is 5. The zero-order valence-electron chi connectivity index (χ0n) is 26.5. The molecule has 49 heavy (non-hydrogen) atoms. The first-order valence-electron chi connectivity index (χ1n) is 16.6. The lowest BCUT2D eigenvalue weighted by molar-refractivity contribution is 0.669. The van der Waals surface area contributed by atoms with Gasteiger partial charge < -0.3 is 9.32 Å². The average molecular weight is 644 g/mol. The Kier molecular flexibility index (Phi) is 6.39. The molecule has 0 aliphatic rings. The number of fused-ring (bicyclic) bond motifs is 7. The fourth-order valence-corrected chi connectivity index (χ4v) is 8.50. The first-order valence-corrected chi connectivity index (χ1v) is 17.4. The molecule has 0 bridgehead atoms. The van der Waals surface area contributed by atoms with Crippen LogP contribution >= 0.6 is 11.3 Å². The third-order valence-electron chi connectivity index (χ3n) is 9.68. The Balaban J connectivity index is 1.19. The minimum Gasteiger partial charge on any atom is -0.456 e. The smallest absolute Gasteiger partial charge is 0.137 e. The van der Waals surface area contributed by atoms with Crippen molar-refractivity contribution in [1.29, 1.82) is 0 Å². The predicted octanol–water partition coefficient (Wildman–Crippen LogP) is 13.9. The Morgan fingerprint density at radius 1 is 0.408 bits per heavy atom. The van der Waals surface area contributed by atoms with Gasteiger partial charge in [-0.05, 0) is 82.1 Å². The summed E-state index contributed by atoms with van der Waals surface area (Å²) in [7, 11) is 0. The molecule has 0 saturated carbocycles. The molecule has 0 amide bonds. The van der Waals surface area contributed by atoms with Crippen LogP contribution in [-0.4, -0.2) is 0 Å². The molecule has 2 heterocycles. The van der Waals surface area contributed by atoms with E-state index in [1.54, 1.807) is 0 Å². The molecule has 10 aromatic rings. The van der Waals surface area contributed by atoms with E-state index < -0.39 is 0 Å². The minimum atomic E-state index is 0.874. The van der Waals surface area contributed by atoms with Crippen molar-refractivity contribution in [2.24, 2.45) is 0 Å². The maximum absolute atomic E-state index is 6.40. The number of anilines is 3. The van der Waals surface area contributed by atoms with Gasteiger partial charge >= 0.3 is 0 Å². The molecule has 0 fully saturated rings. The Bertz CT molecular complexity index is 2840. The Morgan fingerprint density at radius 2 is 1.04 bits per heavy atom. The summed E-state index contributed by atoms with van der Waals surface area (Å²) in [5.41, 5.74) is 9.81. The van der Waals surface area contributed by atoms with E-state index >= 15 is 0 Å². The summed E-state index contributed by atoms with van der Waals surface area (Å²) in [4.78, 5) is 2.40. The van der Waals surface area contributed by atoms with E-state index in [1.165, 1.54) is 53.2 Å². The summed E-state index contributed by atoms with van der Waals surface area (Å²) >= 11 is 1.86. The summed E-state index contributed by atoms with van der Waals surface area (Å²) < 4.78 is 9.04. The number of benzene rings is 8. The topological polar surface area (TPSA) is 16.4 Å². The molecule has 8 aromatic carbocycles. The molecule has 230 valence electrons. The maximum atomic E-state index is 6.40. The fourth-order valence-electron chi connectivity index (χ4n) is 7.42. The van der Waals surface area contributed by atoms with Gasteiger partial charge in [-0.1, -0.05) is 121 Å². The molecule has 0 aliphatic carbocycles. The van der Waals surface area contributed by atoms with E-state index in [2.05, 4.69) is 175 Å². The third kappa shape index (κ3) is 4.55. The number of nitrogens with zero attached hydrogens (tertiary/aromatic N) is 1. The second kappa shape index (κ2) is 11.2. The van der Waals surface area contributed by atoms with E-state index in [-0.39, 0.29) is 0 Å². The number of furan rings is 1. The van der Waals surface area contributed by atoms with Crippen LogP contribution in [0.5, 0.6) is 0 Å². The van der Waals surface area contributed by atoms with Gasteiger partial charge in [0.2, 0.25) is 0 Å². The van der Waals surface area contributed by atoms with Gasteiger partial charge in [0.05, 0.1) is 16.8 Å². The first kappa shape index (κ1) is 27.9. The number of para-hydroxylation sites is 2. The molecule has 2 aromatic heterocycles. The lowest BCUT2D eigenvalue weighted by Gasteiger charge is -2.29. The van der Waals surface area contributed by atoms with Crippen LogP contribution in [0.25, 0.3) is 75.1 Å². The van der Waals surface area contributed by atoms with Gasteiger partial charge in [-0.25, -0.2) is 0 Å². The quantitative estimate of drug-likeness (QED) is 0.186. The Morgan fingerprint density at radius 3 is 1.96 bits per heavy atom. The van der Waals surface area contributed by atoms with Crippen LogP contribution in [0, 0.1) is 0 Å². The van der Waals surface area contributed by atoms with Gasteiger partial charge in [0.1, 0.15) is 11.2 Å². The van der Waals surface area contributed by atoms with Crippen molar-refractivity contribution in [2.45, 2.75) is 0 Å². The van der Waals surface area contributed by atoms with Crippen LogP contribution in [0.4, 0.5) is 17.1 Å². The maximum Gasteiger partial charge on any atom is 0.137 e. The van der Waals surface area contributed by atoms with Crippen molar-refractivity contribution >= 4 is 81.3 Å². The van der Waals surface area contributed by atoms with Crippen molar-refractivity contribution in [3.63, 3.8) is 0 Å². The zero-order chi connectivity index (χ0) is 32.3. The molecule has 0 saturated heterocycles. The first-order chi connectivity index (χ1) is 24.3. The van der Waals surface area contributed by atoms with Crippen LogP contribution in [-0.2, 0) is 0 Å². The molecule has 2 nitrogen and oxygen atoms in total. The van der Waals surface area contributed by atoms with Crippen LogP contribution in [0.15, 0.2) is 180 Å². The average Bonchev–Trinajstić information content (AvgIpc) is 3.74. The van der Waals surface area contributed by atoms with Crippen LogP contribution in [0.2, 0.25) is 0 Å². The molecule has 10 rings (SSSR count). The van der Waals surface area contributed by atoms with Gasteiger partial charge in [-0.2, -0.15) is 0 Å². The highest BCUT2D eigenvalue weighted by Crippen LogP contribution is 2.47. The number of hydrogen-bond acceptors (Lipinski definition) is 3. The van der Waals surface area contributed by atoms with Crippen molar-refractivity contribution < 1.29 is 4.42 Å². The summed E-state index contributed by atoms with van der Waals surface area (Å²) in [6, 6.07) is 63.3. The van der Waals surface area contributed by atoms with Gasteiger partial charge in [0.15, 0.2) is 0 Å². The minimum absolute atomic E-state index is 0.874. The summed E-state index contributed by atoms with van der Waals surface area (Å²) in [6.07, 6.45) is 0. The van der Waals surface area contributed by atoms with Crippen molar-refractivity contribution in [2.75, 3.05) is 4.90 Å². The van der Waals surface area contributed by atoms with Crippen LogP contribution in [0.3, 0.4) is 0 Å². The van der Waals surface area contributed by atoms with Crippen molar-refractivity contribution in [1.82, 2.24) is 0 Å². The molecule has 0 radical (unpaired) electrons. The van der Waals surface area contributed by atoms with E-state index in [0.717, 1.165) is 39.0 Å². The van der Waals surface area contributed by atoms with Crippen molar-refractivity contribution in [3.05, 3.63) is 176 Å². The fraction of sp³-hybridized carbons (Fsp3) is 0. The molecule has 0 atom stereocenters. The van der Waals surface area contributed by atoms with Gasteiger partial charge in [-0.15, -0.1) is 11.3 Å². The van der Waals surface area contributed by atoms with Gasteiger partial charge in [0, 0.05) is 36.8 Å². The van der Waals surface area contributed by atoms with Crippen LogP contribution in [0.1, 0.15) is 0 Å². The van der Waals surface area contributed by atoms with E-state index in [1.807, 2.05) is 17.4 Å². The van der Waals surface area contributed by atoms with E-state index in [9.17, 15) is 0 Å². The highest BCUT2D eigenvalue weighted by Gasteiger charge is 2.22. The molecular formula is C46H29NOS. The molecule has 0 spiro atoms. The number of hydrogen-bond donors (Lipinski definition) is 0. The lowest BCUT2D eigenvalue weighted by Crippen LogP contribution is -2.11. The highest BCUT2D eigenvalue weighted by molar-refractivity contribution is 7.25.